The Kier molecular flexibility index (Phi) is 7.37. The second-order valence-corrected chi connectivity index (χ2v) is 8.50. The number of carboxylic acid groups (broad SMARTS) is 1. The number of fused-ring (bicyclic) bond motifs is 1. The maximum absolute atomic E-state index is 13.9. The van der Waals surface area contributed by atoms with Gasteiger partial charge in [0.05, 0.1) is 18.2 Å². The number of halogens is 4. The normalized spacial score (nSPS) is 13.8. The minimum atomic E-state index is -4.86. The molecular weight excluding hydrogens is 496 g/mol. The standard InChI is InChI=1S/C25H24F4N4O4/c1-15(17-5-7-18(8-6-17)24(35)36)30-22(34)20-21(25(27,28)29)31-33-11-10-32(23(20)33)14-16-3-2-4-19(13-16)37-12-9-26/h2-8,13,15H,9-12,14H2,1H3,(H,30,34)(H,35,36)/t15-/m0/s1. The second kappa shape index (κ2) is 10.5. The molecule has 0 spiro atoms. The number of aromatic nitrogens is 2. The number of rotatable bonds is 9. The highest BCUT2D eigenvalue weighted by molar-refractivity contribution is 6.01. The van der Waals surface area contributed by atoms with Crippen LogP contribution >= 0.6 is 0 Å². The minimum absolute atomic E-state index is 0.0471. The average molecular weight is 520 g/mol. The maximum atomic E-state index is 13.9. The highest BCUT2D eigenvalue weighted by atomic mass is 19.4. The van der Waals surface area contributed by atoms with Gasteiger partial charge in [0.1, 0.15) is 30.4 Å². The molecule has 2 heterocycles. The number of ether oxygens (including phenoxy) is 1. The Labute approximate surface area is 209 Å². The Morgan fingerprint density at radius 3 is 2.54 bits per heavy atom. The second-order valence-electron chi connectivity index (χ2n) is 8.50. The molecule has 12 heteroatoms. The summed E-state index contributed by atoms with van der Waals surface area (Å²) in [6, 6.07) is 11.8. The van der Waals surface area contributed by atoms with Crippen LogP contribution in [0, 0.1) is 0 Å². The summed E-state index contributed by atoms with van der Waals surface area (Å²) in [6.07, 6.45) is -4.86. The van der Waals surface area contributed by atoms with Crippen LogP contribution < -0.4 is 15.0 Å². The van der Waals surface area contributed by atoms with Gasteiger partial charge in [-0.25, -0.2) is 13.9 Å². The van der Waals surface area contributed by atoms with Gasteiger partial charge in [0.2, 0.25) is 0 Å². The Morgan fingerprint density at radius 2 is 1.89 bits per heavy atom. The minimum Gasteiger partial charge on any atom is -0.491 e. The third-order valence-corrected chi connectivity index (χ3v) is 5.93. The van der Waals surface area contributed by atoms with Gasteiger partial charge in [0, 0.05) is 13.1 Å². The van der Waals surface area contributed by atoms with Crippen molar-refractivity contribution in [1.82, 2.24) is 15.1 Å². The first-order chi connectivity index (χ1) is 17.6. The van der Waals surface area contributed by atoms with Gasteiger partial charge in [-0.05, 0) is 42.3 Å². The predicted octanol–water partition coefficient (Wildman–Crippen LogP) is 4.46. The molecule has 0 unspecified atom stereocenters. The molecule has 4 rings (SSSR count). The largest absolute Gasteiger partial charge is 0.491 e. The third-order valence-electron chi connectivity index (χ3n) is 5.93. The van der Waals surface area contributed by atoms with Crippen LogP contribution in [0.15, 0.2) is 48.5 Å². The molecule has 3 aromatic rings. The van der Waals surface area contributed by atoms with Crippen molar-refractivity contribution in [1.29, 1.82) is 0 Å². The first-order valence-electron chi connectivity index (χ1n) is 11.4. The van der Waals surface area contributed by atoms with Crippen LogP contribution in [0.3, 0.4) is 0 Å². The van der Waals surface area contributed by atoms with Crippen LogP contribution in [0.25, 0.3) is 0 Å². The number of nitrogens with one attached hydrogen (secondary N) is 1. The Balaban J connectivity index is 1.61. The molecule has 1 aromatic heterocycles. The summed E-state index contributed by atoms with van der Waals surface area (Å²) in [4.78, 5) is 25.9. The number of anilines is 1. The van der Waals surface area contributed by atoms with Gasteiger partial charge in [-0.2, -0.15) is 18.3 Å². The molecule has 1 aliphatic heterocycles. The van der Waals surface area contributed by atoms with E-state index >= 15 is 0 Å². The lowest BCUT2D eigenvalue weighted by atomic mass is 10.1. The van der Waals surface area contributed by atoms with Crippen molar-refractivity contribution in [2.75, 3.05) is 24.7 Å². The maximum Gasteiger partial charge on any atom is 0.436 e. The highest BCUT2D eigenvalue weighted by Gasteiger charge is 2.44. The number of nitrogens with zero attached hydrogens (tertiary/aromatic N) is 3. The molecule has 1 amide bonds. The van der Waals surface area contributed by atoms with E-state index in [2.05, 4.69) is 10.4 Å². The number of aromatic carboxylic acids is 1. The summed E-state index contributed by atoms with van der Waals surface area (Å²) in [5.41, 5.74) is -0.580. The van der Waals surface area contributed by atoms with Gasteiger partial charge >= 0.3 is 12.1 Å². The van der Waals surface area contributed by atoms with E-state index in [1.54, 1.807) is 36.1 Å². The number of benzene rings is 2. The smallest absolute Gasteiger partial charge is 0.436 e. The number of alkyl halides is 4. The number of amides is 1. The lowest BCUT2D eigenvalue weighted by Gasteiger charge is -2.21. The first-order valence-corrected chi connectivity index (χ1v) is 11.4. The van der Waals surface area contributed by atoms with Crippen molar-refractivity contribution < 1.29 is 37.0 Å². The monoisotopic (exact) mass is 520 g/mol. The lowest BCUT2D eigenvalue weighted by Crippen LogP contribution is -2.31. The molecule has 0 aliphatic carbocycles. The Bertz CT molecular complexity index is 1290. The van der Waals surface area contributed by atoms with E-state index in [1.165, 1.54) is 28.9 Å². The predicted molar refractivity (Wildman–Crippen MR) is 125 cm³/mol. The third kappa shape index (κ3) is 5.68. The van der Waals surface area contributed by atoms with Crippen molar-refractivity contribution in [2.45, 2.75) is 32.2 Å². The number of hydrogen-bond donors (Lipinski definition) is 2. The molecule has 0 saturated heterocycles. The van der Waals surface area contributed by atoms with E-state index in [-0.39, 0.29) is 31.1 Å². The summed E-state index contributed by atoms with van der Waals surface area (Å²) in [5.74, 6) is -1.59. The molecule has 0 radical (unpaired) electrons. The summed E-state index contributed by atoms with van der Waals surface area (Å²) in [7, 11) is 0. The molecule has 196 valence electrons. The molecule has 2 N–H and O–H groups in total. The fraction of sp³-hybridized carbons (Fsp3) is 0.320. The van der Waals surface area contributed by atoms with Crippen LogP contribution in [0.1, 0.15) is 50.5 Å². The first kappa shape index (κ1) is 26.0. The van der Waals surface area contributed by atoms with E-state index in [9.17, 15) is 27.2 Å². The molecule has 2 aromatic carbocycles. The van der Waals surface area contributed by atoms with E-state index in [4.69, 9.17) is 9.84 Å². The quantitative estimate of drug-likeness (QED) is 0.405. The summed E-state index contributed by atoms with van der Waals surface area (Å²) >= 11 is 0. The van der Waals surface area contributed by atoms with E-state index in [0.29, 0.717) is 23.4 Å². The van der Waals surface area contributed by atoms with Gasteiger partial charge in [-0.15, -0.1) is 0 Å². The van der Waals surface area contributed by atoms with Crippen LogP contribution in [0.2, 0.25) is 0 Å². The zero-order chi connectivity index (χ0) is 26.7. The highest BCUT2D eigenvalue weighted by Crippen LogP contribution is 2.39. The van der Waals surface area contributed by atoms with Crippen molar-refractivity contribution in [3.8, 4) is 5.75 Å². The van der Waals surface area contributed by atoms with Gasteiger partial charge in [-0.1, -0.05) is 24.3 Å². The van der Waals surface area contributed by atoms with Gasteiger partial charge in [-0.3, -0.25) is 4.79 Å². The zero-order valence-electron chi connectivity index (χ0n) is 19.8. The number of carbonyl (C=O) groups excluding carboxylic acids is 1. The topological polar surface area (TPSA) is 96.7 Å². The van der Waals surface area contributed by atoms with E-state index < -0.39 is 42.0 Å². The molecule has 0 fully saturated rings. The van der Waals surface area contributed by atoms with Crippen LogP contribution in [0.5, 0.6) is 5.75 Å². The molecule has 0 bridgehead atoms. The zero-order valence-corrected chi connectivity index (χ0v) is 19.8. The molecule has 37 heavy (non-hydrogen) atoms. The van der Waals surface area contributed by atoms with Crippen LogP contribution in [0.4, 0.5) is 23.4 Å². The molecular formula is C25H24F4N4O4. The SMILES string of the molecule is C[C@H](NC(=O)c1c(C(F)(F)F)nn2c1N(Cc1cccc(OCCF)c1)CC2)c1ccc(C(=O)O)cc1. The fourth-order valence-electron chi connectivity index (χ4n) is 4.19. The average Bonchev–Trinajstić information content (AvgIpc) is 3.43. The van der Waals surface area contributed by atoms with Crippen molar-refractivity contribution in [3.05, 3.63) is 76.5 Å². The number of carbonyl (C=O) groups is 2. The van der Waals surface area contributed by atoms with Gasteiger partial charge in [0.25, 0.3) is 5.91 Å². The Morgan fingerprint density at radius 1 is 1.16 bits per heavy atom. The van der Waals surface area contributed by atoms with Crippen LogP contribution in [-0.4, -0.2) is 46.6 Å². The molecule has 8 nitrogen and oxygen atoms in total. The lowest BCUT2D eigenvalue weighted by molar-refractivity contribution is -0.141. The van der Waals surface area contributed by atoms with Crippen molar-refractivity contribution in [2.24, 2.45) is 0 Å². The molecule has 1 aliphatic rings. The molecule has 1 atom stereocenters. The van der Waals surface area contributed by atoms with Gasteiger partial charge in [0.15, 0.2) is 5.69 Å². The van der Waals surface area contributed by atoms with Crippen LogP contribution in [-0.2, 0) is 19.3 Å². The molecule has 0 saturated carbocycles. The summed E-state index contributed by atoms with van der Waals surface area (Å²) < 4.78 is 60.6. The fourth-order valence-corrected chi connectivity index (χ4v) is 4.19. The number of carboxylic acids is 1. The Hall–Kier alpha value is -4.09. The van der Waals surface area contributed by atoms with E-state index in [1.807, 2.05) is 0 Å². The van der Waals surface area contributed by atoms with Crippen molar-refractivity contribution >= 4 is 17.7 Å². The number of hydrogen-bond acceptors (Lipinski definition) is 5. The summed E-state index contributed by atoms with van der Waals surface area (Å²) in [6.45, 7) is 1.50. The van der Waals surface area contributed by atoms with E-state index in [0.717, 1.165) is 0 Å². The summed E-state index contributed by atoms with van der Waals surface area (Å²) in [5, 5.41) is 15.3. The van der Waals surface area contributed by atoms with Crippen molar-refractivity contribution in [3.63, 3.8) is 0 Å². The van der Waals surface area contributed by atoms with Gasteiger partial charge < -0.3 is 20.1 Å².